The minimum Gasteiger partial charge on any atom is -0.492 e. The Morgan fingerprint density at radius 3 is 2.85 bits per heavy atom. The Hall–Kier alpha value is -2.71. The standard InChI is InChI=1S/C25H29FN4O3.ClH/c1-30-23(31)9-8-21-24(30)25(20(26)13-29-21)33-15-16-4-6-18(7-5-16)27-12-19-11-17-3-2-10-32-22(17)14-28-19;/h8-9,11,13-14,16,18,27H,2-7,10,12,15H2,1H3;1H. The molecule has 0 atom stereocenters. The van der Waals surface area contributed by atoms with Gasteiger partial charge in [-0.25, -0.2) is 4.39 Å². The second-order valence-corrected chi connectivity index (χ2v) is 9.04. The van der Waals surface area contributed by atoms with Crippen molar-refractivity contribution in [1.82, 2.24) is 19.9 Å². The van der Waals surface area contributed by atoms with E-state index < -0.39 is 5.82 Å². The molecular weight excluding hydrogens is 459 g/mol. The first-order chi connectivity index (χ1) is 16.1. The number of aryl methyl sites for hydroxylation is 2. The van der Waals surface area contributed by atoms with Crippen LogP contribution in [0.1, 0.15) is 43.4 Å². The lowest BCUT2D eigenvalue weighted by molar-refractivity contribution is 0.187. The molecule has 0 radical (unpaired) electrons. The molecule has 1 N–H and O–H groups in total. The number of pyridine rings is 3. The monoisotopic (exact) mass is 488 g/mol. The van der Waals surface area contributed by atoms with Crippen molar-refractivity contribution in [3.63, 3.8) is 0 Å². The third-order valence-electron chi connectivity index (χ3n) is 6.78. The Balaban J connectivity index is 0.00000274. The Bertz CT molecular complexity index is 1210. The molecule has 1 aliphatic heterocycles. The van der Waals surface area contributed by atoms with E-state index in [1.807, 2.05) is 6.20 Å². The van der Waals surface area contributed by atoms with Crippen LogP contribution in [0, 0.1) is 11.7 Å². The fourth-order valence-electron chi connectivity index (χ4n) is 4.82. The van der Waals surface area contributed by atoms with Gasteiger partial charge < -0.3 is 19.4 Å². The predicted octanol–water partition coefficient (Wildman–Crippen LogP) is 3.94. The number of fused-ring (bicyclic) bond motifs is 2. The van der Waals surface area contributed by atoms with E-state index in [1.54, 1.807) is 13.1 Å². The van der Waals surface area contributed by atoms with Crippen LogP contribution < -0.4 is 20.3 Å². The second kappa shape index (κ2) is 10.7. The summed E-state index contributed by atoms with van der Waals surface area (Å²) in [7, 11) is 1.61. The molecule has 1 aliphatic carbocycles. The zero-order valence-electron chi connectivity index (χ0n) is 19.3. The molecule has 3 aromatic rings. The van der Waals surface area contributed by atoms with Gasteiger partial charge in [-0.2, -0.15) is 0 Å². The topological polar surface area (TPSA) is 78.3 Å². The smallest absolute Gasteiger partial charge is 0.250 e. The molecular formula is C25H30ClFN4O3. The molecule has 0 saturated heterocycles. The van der Waals surface area contributed by atoms with Crippen LogP contribution >= 0.6 is 12.4 Å². The molecule has 0 bridgehead atoms. The normalized spacial score (nSPS) is 19.7. The number of nitrogens with one attached hydrogen (secondary N) is 1. The number of aromatic nitrogens is 3. The molecule has 0 unspecified atom stereocenters. The summed E-state index contributed by atoms with van der Waals surface area (Å²) in [5.74, 6) is 0.847. The van der Waals surface area contributed by atoms with Crippen molar-refractivity contribution >= 4 is 23.4 Å². The lowest BCUT2D eigenvalue weighted by Crippen LogP contribution is -2.34. The maximum absolute atomic E-state index is 14.5. The third kappa shape index (κ3) is 5.18. The summed E-state index contributed by atoms with van der Waals surface area (Å²) >= 11 is 0. The Kier molecular flexibility index (Phi) is 7.68. The van der Waals surface area contributed by atoms with E-state index in [-0.39, 0.29) is 23.7 Å². The van der Waals surface area contributed by atoms with Gasteiger partial charge in [0, 0.05) is 25.7 Å². The molecule has 0 amide bonds. The van der Waals surface area contributed by atoms with E-state index in [0.717, 1.165) is 69.3 Å². The average Bonchev–Trinajstić information content (AvgIpc) is 2.85. The van der Waals surface area contributed by atoms with Gasteiger partial charge in [0.2, 0.25) is 0 Å². The number of rotatable bonds is 6. The summed E-state index contributed by atoms with van der Waals surface area (Å²) in [6.07, 6.45) is 9.21. The first kappa shape index (κ1) is 24.4. The molecule has 1 saturated carbocycles. The van der Waals surface area contributed by atoms with Crippen molar-refractivity contribution in [3.05, 3.63) is 58.0 Å². The van der Waals surface area contributed by atoms with Crippen LogP contribution in [0.5, 0.6) is 11.5 Å². The molecule has 1 fully saturated rings. The molecule has 3 aromatic heterocycles. The summed E-state index contributed by atoms with van der Waals surface area (Å²) < 4.78 is 27.4. The fourth-order valence-corrected chi connectivity index (χ4v) is 4.82. The minimum absolute atomic E-state index is 0. The van der Waals surface area contributed by atoms with Crippen LogP contribution in [0.25, 0.3) is 11.0 Å². The molecule has 2 aliphatic rings. The first-order valence-corrected chi connectivity index (χ1v) is 11.7. The number of hydrogen-bond acceptors (Lipinski definition) is 6. The molecule has 0 spiro atoms. The maximum atomic E-state index is 14.5. The highest BCUT2D eigenvalue weighted by atomic mass is 35.5. The summed E-state index contributed by atoms with van der Waals surface area (Å²) in [5, 5.41) is 3.64. The van der Waals surface area contributed by atoms with Gasteiger partial charge in [0.1, 0.15) is 11.3 Å². The van der Waals surface area contributed by atoms with Crippen molar-refractivity contribution < 1.29 is 13.9 Å². The van der Waals surface area contributed by atoms with Crippen LogP contribution in [-0.2, 0) is 20.0 Å². The predicted molar refractivity (Wildman–Crippen MR) is 130 cm³/mol. The van der Waals surface area contributed by atoms with Gasteiger partial charge in [0.25, 0.3) is 5.56 Å². The van der Waals surface area contributed by atoms with E-state index in [9.17, 15) is 9.18 Å². The van der Waals surface area contributed by atoms with E-state index >= 15 is 0 Å². The highest BCUT2D eigenvalue weighted by Gasteiger charge is 2.23. The third-order valence-corrected chi connectivity index (χ3v) is 6.78. The Morgan fingerprint density at radius 2 is 2.03 bits per heavy atom. The van der Waals surface area contributed by atoms with Crippen molar-refractivity contribution in [1.29, 1.82) is 0 Å². The Labute approximate surface area is 204 Å². The van der Waals surface area contributed by atoms with Gasteiger partial charge in [-0.1, -0.05) is 0 Å². The van der Waals surface area contributed by atoms with Gasteiger partial charge in [-0.05, 0) is 62.1 Å². The summed E-state index contributed by atoms with van der Waals surface area (Å²) in [5.41, 5.74) is 3.04. The number of ether oxygens (including phenoxy) is 2. The van der Waals surface area contributed by atoms with Gasteiger partial charge in [-0.3, -0.25) is 14.8 Å². The van der Waals surface area contributed by atoms with Crippen LogP contribution in [0.2, 0.25) is 0 Å². The molecule has 182 valence electrons. The van der Waals surface area contributed by atoms with Crippen LogP contribution in [0.4, 0.5) is 4.39 Å². The van der Waals surface area contributed by atoms with Crippen LogP contribution in [0.15, 0.2) is 35.4 Å². The summed E-state index contributed by atoms with van der Waals surface area (Å²) in [4.78, 5) is 20.6. The van der Waals surface area contributed by atoms with E-state index in [4.69, 9.17) is 9.47 Å². The minimum atomic E-state index is -0.540. The molecule has 4 heterocycles. The van der Waals surface area contributed by atoms with Crippen LogP contribution in [0.3, 0.4) is 0 Å². The van der Waals surface area contributed by atoms with Crippen molar-refractivity contribution in [2.75, 3.05) is 13.2 Å². The fraction of sp³-hybridized carbons (Fsp3) is 0.480. The maximum Gasteiger partial charge on any atom is 0.250 e. The van der Waals surface area contributed by atoms with Gasteiger partial charge in [0.15, 0.2) is 11.6 Å². The lowest BCUT2D eigenvalue weighted by atomic mass is 9.86. The number of hydrogen-bond donors (Lipinski definition) is 1. The number of halogens is 2. The van der Waals surface area contributed by atoms with Crippen molar-refractivity contribution in [3.8, 4) is 11.5 Å². The molecule has 5 rings (SSSR count). The highest BCUT2D eigenvalue weighted by Crippen LogP contribution is 2.30. The van der Waals surface area contributed by atoms with Crippen LogP contribution in [-0.4, -0.2) is 33.8 Å². The quantitative estimate of drug-likeness (QED) is 0.566. The van der Waals surface area contributed by atoms with E-state index in [2.05, 4.69) is 21.4 Å². The Morgan fingerprint density at radius 1 is 1.21 bits per heavy atom. The molecule has 0 aromatic carbocycles. The number of nitrogens with zero attached hydrogens (tertiary/aromatic N) is 3. The zero-order valence-corrected chi connectivity index (χ0v) is 20.1. The first-order valence-electron chi connectivity index (χ1n) is 11.7. The molecule has 9 heteroatoms. The molecule has 34 heavy (non-hydrogen) atoms. The largest absolute Gasteiger partial charge is 0.492 e. The van der Waals surface area contributed by atoms with Gasteiger partial charge >= 0.3 is 0 Å². The highest BCUT2D eigenvalue weighted by molar-refractivity contribution is 5.85. The summed E-state index contributed by atoms with van der Waals surface area (Å²) in [6, 6.07) is 5.63. The van der Waals surface area contributed by atoms with E-state index in [0.29, 0.717) is 29.6 Å². The SMILES string of the molecule is Cl.Cn1c(=O)ccc2ncc(F)c(OCC3CCC(NCc4cc5c(cn4)OCCC5)CC3)c21. The average molecular weight is 489 g/mol. The zero-order chi connectivity index (χ0) is 22.8. The van der Waals surface area contributed by atoms with Gasteiger partial charge in [0.05, 0.1) is 36.8 Å². The summed E-state index contributed by atoms with van der Waals surface area (Å²) in [6.45, 7) is 1.96. The molecule has 7 nitrogen and oxygen atoms in total. The van der Waals surface area contributed by atoms with Gasteiger partial charge in [-0.15, -0.1) is 12.4 Å². The van der Waals surface area contributed by atoms with Crippen molar-refractivity contribution in [2.24, 2.45) is 13.0 Å². The second-order valence-electron chi connectivity index (χ2n) is 9.04. The van der Waals surface area contributed by atoms with Crippen molar-refractivity contribution in [2.45, 2.75) is 51.1 Å². The van der Waals surface area contributed by atoms with E-state index in [1.165, 1.54) is 16.2 Å². The lowest BCUT2D eigenvalue weighted by Gasteiger charge is -2.29.